The monoisotopic (exact) mass is 275 g/mol. The third-order valence-corrected chi connectivity index (χ3v) is 3.34. The smallest absolute Gasteiger partial charge is 0.315 e. The predicted octanol–water partition coefficient (Wildman–Crippen LogP) is 2.07. The second-order valence-corrected chi connectivity index (χ2v) is 4.97. The molecule has 19 heavy (non-hydrogen) atoms. The van der Waals surface area contributed by atoms with Crippen molar-refractivity contribution in [2.45, 2.75) is 13.0 Å². The molecule has 3 aromatic heterocycles. The maximum Gasteiger partial charge on any atom is 0.315 e. The van der Waals surface area contributed by atoms with Crippen LogP contribution in [0.4, 0.5) is 6.01 Å². The summed E-state index contributed by atoms with van der Waals surface area (Å²) in [6, 6.07) is 2.49. The zero-order valence-electron chi connectivity index (χ0n) is 10.4. The Morgan fingerprint density at radius 3 is 3.05 bits per heavy atom. The van der Waals surface area contributed by atoms with Gasteiger partial charge in [0.15, 0.2) is 0 Å². The van der Waals surface area contributed by atoms with Gasteiger partial charge in [0.2, 0.25) is 5.89 Å². The van der Waals surface area contributed by atoms with Crippen molar-refractivity contribution in [3.05, 3.63) is 46.2 Å². The Kier molecular flexibility index (Phi) is 3.28. The Balaban J connectivity index is 1.59. The van der Waals surface area contributed by atoms with Gasteiger partial charge in [-0.05, 0) is 22.4 Å². The van der Waals surface area contributed by atoms with E-state index in [9.17, 15) is 0 Å². The fourth-order valence-electron chi connectivity index (χ4n) is 1.71. The highest BCUT2D eigenvalue weighted by molar-refractivity contribution is 7.07. The van der Waals surface area contributed by atoms with Crippen LogP contribution in [0.1, 0.15) is 17.0 Å². The minimum absolute atomic E-state index is 0.439. The van der Waals surface area contributed by atoms with Gasteiger partial charge in [0, 0.05) is 25.4 Å². The van der Waals surface area contributed by atoms with Crippen LogP contribution in [-0.2, 0) is 20.0 Å². The SMILES string of the molecule is Cn1cc(CNc2nnc(Cc3ccsc3)o2)cn1. The third-order valence-electron chi connectivity index (χ3n) is 2.60. The van der Waals surface area contributed by atoms with Crippen molar-refractivity contribution in [3.63, 3.8) is 0 Å². The van der Waals surface area contributed by atoms with E-state index in [1.165, 1.54) is 5.56 Å². The fraction of sp³-hybridized carbons (Fsp3) is 0.250. The number of anilines is 1. The molecule has 0 spiro atoms. The minimum Gasteiger partial charge on any atom is -0.408 e. The summed E-state index contributed by atoms with van der Waals surface area (Å²) in [5, 5.41) is 19.3. The van der Waals surface area contributed by atoms with Crippen molar-refractivity contribution in [3.8, 4) is 0 Å². The molecule has 0 amide bonds. The highest BCUT2D eigenvalue weighted by Crippen LogP contribution is 2.14. The summed E-state index contributed by atoms with van der Waals surface area (Å²) in [4.78, 5) is 0. The summed E-state index contributed by atoms with van der Waals surface area (Å²) in [6.07, 6.45) is 4.41. The van der Waals surface area contributed by atoms with Crippen LogP contribution in [-0.4, -0.2) is 20.0 Å². The molecule has 0 atom stereocenters. The molecule has 1 N–H and O–H groups in total. The van der Waals surface area contributed by atoms with Gasteiger partial charge in [-0.1, -0.05) is 5.10 Å². The Hall–Kier alpha value is -2.15. The molecule has 0 fully saturated rings. The standard InChI is InChI=1S/C12H13N5OS/c1-17-7-10(6-14-17)5-13-12-16-15-11(18-12)4-9-2-3-19-8-9/h2-3,6-8H,4-5H2,1H3,(H,13,16). The van der Waals surface area contributed by atoms with Crippen LogP contribution in [0, 0.1) is 0 Å². The average Bonchev–Trinajstić information content (AvgIpc) is 3.10. The molecular formula is C12H13N5OS. The van der Waals surface area contributed by atoms with E-state index in [1.54, 1.807) is 22.2 Å². The number of aryl methyl sites for hydroxylation is 1. The van der Waals surface area contributed by atoms with E-state index in [0.29, 0.717) is 24.9 Å². The summed E-state index contributed by atoms with van der Waals surface area (Å²) in [5.74, 6) is 0.618. The summed E-state index contributed by atoms with van der Waals surface area (Å²) in [6.45, 7) is 0.619. The van der Waals surface area contributed by atoms with E-state index >= 15 is 0 Å². The number of hydrogen-bond donors (Lipinski definition) is 1. The summed E-state index contributed by atoms with van der Waals surface area (Å²) < 4.78 is 7.29. The van der Waals surface area contributed by atoms with Gasteiger partial charge in [-0.3, -0.25) is 4.68 Å². The van der Waals surface area contributed by atoms with Crippen LogP contribution >= 0.6 is 11.3 Å². The molecule has 0 saturated heterocycles. The molecule has 98 valence electrons. The first-order valence-corrected chi connectivity index (χ1v) is 6.79. The Labute approximate surface area is 114 Å². The van der Waals surface area contributed by atoms with Gasteiger partial charge in [0.25, 0.3) is 0 Å². The first-order valence-electron chi connectivity index (χ1n) is 5.84. The lowest BCUT2D eigenvalue weighted by atomic mass is 10.2. The van der Waals surface area contributed by atoms with Crippen LogP contribution < -0.4 is 5.32 Å². The summed E-state index contributed by atoms with van der Waals surface area (Å²) in [5.41, 5.74) is 2.26. The van der Waals surface area contributed by atoms with Crippen LogP contribution in [0.2, 0.25) is 0 Å². The van der Waals surface area contributed by atoms with Crippen molar-refractivity contribution in [1.29, 1.82) is 0 Å². The third kappa shape index (κ3) is 3.00. The first kappa shape index (κ1) is 11.9. The second kappa shape index (κ2) is 5.23. The van der Waals surface area contributed by atoms with Crippen LogP contribution in [0.5, 0.6) is 0 Å². The van der Waals surface area contributed by atoms with Gasteiger partial charge >= 0.3 is 6.01 Å². The fourth-order valence-corrected chi connectivity index (χ4v) is 2.37. The normalized spacial score (nSPS) is 10.8. The predicted molar refractivity (Wildman–Crippen MR) is 72.0 cm³/mol. The lowest BCUT2D eigenvalue weighted by molar-refractivity contribution is 0.516. The zero-order valence-corrected chi connectivity index (χ0v) is 11.2. The summed E-state index contributed by atoms with van der Waals surface area (Å²) >= 11 is 1.66. The molecule has 0 saturated carbocycles. The Morgan fingerprint density at radius 1 is 1.37 bits per heavy atom. The molecule has 6 nitrogen and oxygen atoms in total. The van der Waals surface area contributed by atoms with E-state index in [4.69, 9.17) is 4.42 Å². The van der Waals surface area contributed by atoms with Crippen LogP contribution in [0.25, 0.3) is 0 Å². The molecule has 3 aromatic rings. The van der Waals surface area contributed by atoms with E-state index in [0.717, 1.165) is 5.56 Å². The topological polar surface area (TPSA) is 68.8 Å². The molecule has 7 heteroatoms. The quantitative estimate of drug-likeness (QED) is 0.772. The number of nitrogens with zero attached hydrogens (tertiary/aromatic N) is 4. The van der Waals surface area contributed by atoms with Crippen molar-refractivity contribution in [2.24, 2.45) is 7.05 Å². The van der Waals surface area contributed by atoms with E-state index in [-0.39, 0.29) is 0 Å². The number of rotatable bonds is 5. The Bertz CT molecular complexity index is 643. The van der Waals surface area contributed by atoms with Crippen molar-refractivity contribution in [1.82, 2.24) is 20.0 Å². The van der Waals surface area contributed by atoms with E-state index < -0.39 is 0 Å². The highest BCUT2D eigenvalue weighted by atomic mass is 32.1. The summed E-state index contributed by atoms with van der Waals surface area (Å²) in [7, 11) is 1.88. The maximum atomic E-state index is 5.53. The maximum absolute atomic E-state index is 5.53. The minimum atomic E-state index is 0.439. The van der Waals surface area contributed by atoms with Gasteiger partial charge < -0.3 is 9.73 Å². The molecule has 0 aromatic carbocycles. The number of hydrogen-bond acceptors (Lipinski definition) is 6. The zero-order chi connectivity index (χ0) is 13.1. The van der Waals surface area contributed by atoms with Crippen molar-refractivity contribution in [2.75, 3.05) is 5.32 Å². The molecule has 0 bridgehead atoms. The molecule has 3 rings (SSSR count). The molecule has 0 aliphatic rings. The largest absolute Gasteiger partial charge is 0.408 e. The number of thiophene rings is 1. The first-order chi connectivity index (χ1) is 9.29. The van der Waals surface area contributed by atoms with Gasteiger partial charge in [-0.2, -0.15) is 16.4 Å². The van der Waals surface area contributed by atoms with Gasteiger partial charge in [-0.15, -0.1) is 5.10 Å². The van der Waals surface area contributed by atoms with Crippen LogP contribution in [0.3, 0.4) is 0 Å². The van der Waals surface area contributed by atoms with Crippen LogP contribution in [0.15, 0.2) is 33.6 Å². The molecule has 0 aliphatic carbocycles. The second-order valence-electron chi connectivity index (χ2n) is 4.19. The molecule has 0 aliphatic heterocycles. The highest BCUT2D eigenvalue weighted by Gasteiger charge is 2.07. The molecule has 0 unspecified atom stereocenters. The Morgan fingerprint density at radius 2 is 2.32 bits per heavy atom. The van der Waals surface area contributed by atoms with Gasteiger partial charge in [0.05, 0.1) is 12.6 Å². The molecule has 3 heterocycles. The number of nitrogens with one attached hydrogen (secondary N) is 1. The van der Waals surface area contributed by atoms with Gasteiger partial charge in [-0.25, -0.2) is 0 Å². The lowest BCUT2D eigenvalue weighted by Gasteiger charge is -1.96. The molecule has 0 radical (unpaired) electrons. The van der Waals surface area contributed by atoms with Crippen molar-refractivity contribution < 1.29 is 4.42 Å². The average molecular weight is 275 g/mol. The molecular weight excluding hydrogens is 262 g/mol. The van der Waals surface area contributed by atoms with Crippen molar-refractivity contribution >= 4 is 17.4 Å². The lowest BCUT2D eigenvalue weighted by Crippen LogP contribution is -1.98. The van der Waals surface area contributed by atoms with E-state index in [1.807, 2.05) is 18.6 Å². The number of aromatic nitrogens is 4. The van der Waals surface area contributed by atoms with Gasteiger partial charge in [0.1, 0.15) is 0 Å². The van der Waals surface area contributed by atoms with E-state index in [2.05, 4.69) is 32.1 Å².